The van der Waals surface area contributed by atoms with Crippen molar-refractivity contribution in [2.45, 2.75) is 13.5 Å². The lowest BCUT2D eigenvalue weighted by molar-refractivity contribution is -0.114. The van der Waals surface area contributed by atoms with Crippen molar-refractivity contribution < 1.29 is 9.59 Å². The average molecular weight is 347 g/mol. The normalized spacial score (nSPS) is 10.5. The summed E-state index contributed by atoms with van der Waals surface area (Å²) in [7, 11) is 0. The first-order valence-electron chi connectivity index (χ1n) is 6.69. The Labute approximate surface area is 140 Å². The lowest BCUT2D eigenvalue weighted by atomic mass is 10.3. The Morgan fingerprint density at radius 1 is 1.26 bits per heavy atom. The molecular weight excluding hydrogens is 334 g/mol. The number of aromatic nitrogens is 3. The molecule has 0 unspecified atom stereocenters. The van der Waals surface area contributed by atoms with Gasteiger partial charge in [-0.25, -0.2) is 9.67 Å². The summed E-state index contributed by atoms with van der Waals surface area (Å²) in [6, 6.07) is 3.74. The summed E-state index contributed by atoms with van der Waals surface area (Å²) < 4.78 is 1.71. The highest BCUT2D eigenvalue weighted by Gasteiger charge is 2.14. The molecule has 7 nitrogen and oxygen atoms in total. The van der Waals surface area contributed by atoms with Crippen LogP contribution in [0, 0.1) is 0 Å². The van der Waals surface area contributed by atoms with Crippen LogP contribution in [-0.4, -0.2) is 26.6 Å². The van der Waals surface area contributed by atoms with Crippen molar-refractivity contribution in [3.05, 3.63) is 45.7 Å². The SMILES string of the molecule is CC(=O)Nc1nc(C(=O)Nc2ccnn2Cc2ccsc2)cs1. The number of carbonyl (C=O) groups excluding carboxylic acids is 2. The van der Waals surface area contributed by atoms with Crippen molar-refractivity contribution in [1.29, 1.82) is 0 Å². The number of thiazole rings is 1. The molecule has 23 heavy (non-hydrogen) atoms. The van der Waals surface area contributed by atoms with Crippen LogP contribution in [0.3, 0.4) is 0 Å². The van der Waals surface area contributed by atoms with Crippen molar-refractivity contribution >= 4 is 45.4 Å². The Kier molecular flexibility index (Phi) is 4.49. The maximum Gasteiger partial charge on any atom is 0.276 e. The number of nitrogens with zero attached hydrogens (tertiary/aromatic N) is 3. The van der Waals surface area contributed by atoms with Crippen molar-refractivity contribution in [1.82, 2.24) is 14.8 Å². The van der Waals surface area contributed by atoms with E-state index in [9.17, 15) is 9.59 Å². The monoisotopic (exact) mass is 347 g/mol. The van der Waals surface area contributed by atoms with E-state index in [-0.39, 0.29) is 17.5 Å². The number of nitrogens with one attached hydrogen (secondary N) is 2. The van der Waals surface area contributed by atoms with Crippen molar-refractivity contribution in [2.24, 2.45) is 0 Å². The summed E-state index contributed by atoms with van der Waals surface area (Å²) in [5.74, 6) is 0.0281. The van der Waals surface area contributed by atoms with Gasteiger partial charge >= 0.3 is 0 Å². The number of hydrogen-bond acceptors (Lipinski definition) is 6. The highest BCUT2D eigenvalue weighted by molar-refractivity contribution is 7.14. The molecule has 118 valence electrons. The molecule has 0 bridgehead atoms. The number of carbonyl (C=O) groups is 2. The van der Waals surface area contributed by atoms with Crippen LogP contribution >= 0.6 is 22.7 Å². The third kappa shape index (κ3) is 3.82. The van der Waals surface area contributed by atoms with Crippen molar-refractivity contribution in [3.63, 3.8) is 0 Å². The molecule has 0 spiro atoms. The minimum Gasteiger partial charge on any atom is -0.305 e. The number of hydrogen-bond donors (Lipinski definition) is 2. The van der Waals surface area contributed by atoms with Gasteiger partial charge in [0.2, 0.25) is 5.91 Å². The highest BCUT2D eigenvalue weighted by Crippen LogP contribution is 2.17. The quantitative estimate of drug-likeness (QED) is 0.742. The van der Waals surface area contributed by atoms with Crippen LogP contribution in [0.5, 0.6) is 0 Å². The molecule has 9 heteroatoms. The second kappa shape index (κ2) is 6.71. The Balaban J connectivity index is 1.69. The third-order valence-corrected chi connectivity index (χ3v) is 4.38. The Morgan fingerprint density at radius 2 is 2.13 bits per heavy atom. The van der Waals surface area contributed by atoms with E-state index < -0.39 is 0 Å². The zero-order chi connectivity index (χ0) is 16.2. The van der Waals surface area contributed by atoms with E-state index in [0.29, 0.717) is 17.5 Å². The van der Waals surface area contributed by atoms with Crippen LogP contribution in [0.2, 0.25) is 0 Å². The fourth-order valence-electron chi connectivity index (χ4n) is 1.89. The summed E-state index contributed by atoms with van der Waals surface area (Å²) >= 11 is 2.82. The lowest BCUT2D eigenvalue weighted by Gasteiger charge is -2.07. The van der Waals surface area contributed by atoms with Crippen LogP contribution in [0.25, 0.3) is 0 Å². The molecule has 0 atom stereocenters. The first kappa shape index (κ1) is 15.4. The van der Waals surface area contributed by atoms with Gasteiger partial charge in [-0.15, -0.1) is 11.3 Å². The van der Waals surface area contributed by atoms with E-state index in [1.807, 2.05) is 16.8 Å². The van der Waals surface area contributed by atoms with Crippen molar-refractivity contribution in [2.75, 3.05) is 10.6 Å². The highest BCUT2D eigenvalue weighted by atomic mass is 32.1. The summed E-state index contributed by atoms with van der Waals surface area (Å²) in [6.07, 6.45) is 1.63. The second-order valence-electron chi connectivity index (χ2n) is 4.68. The molecule has 0 aliphatic heterocycles. The van der Waals surface area contributed by atoms with E-state index >= 15 is 0 Å². The van der Waals surface area contributed by atoms with Gasteiger partial charge in [0.1, 0.15) is 11.5 Å². The molecule has 3 aromatic heterocycles. The van der Waals surface area contributed by atoms with Crippen LogP contribution in [0.1, 0.15) is 23.0 Å². The Hall–Kier alpha value is -2.52. The molecule has 0 saturated heterocycles. The van der Waals surface area contributed by atoms with Gasteiger partial charge in [-0.1, -0.05) is 0 Å². The van der Waals surface area contributed by atoms with Gasteiger partial charge < -0.3 is 10.6 Å². The largest absolute Gasteiger partial charge is 0.305 e. The Bertz CT molecular complexity index is 822. The van der Waals surface area contributed by atoms with E-state index in [4.69, 9.17) is 0 Å². The molecule has 0 aliphatic rings. The molecule has 2 N–H and O–H groups in total. The number of amides is 2. The molecule has 2 amide bonds. The predicted octanol–water partition coefficient (Wildman–Crippen LogP) is 2.66. The molecule has 0 radical (unpaired) electrons. The lowest BCUT2D eigenvalue weighted by Crippen LogP contribution is -2.16. The fourth-order valence-corrected chi connectivity index (χ4v) is 3.28. The van der Waals surface area contributed by atoms with Gasteiger partial charge in [0.25, 0.3) is 5.91 Å². The van der Waals surface area contributed by atoms with Crippen LogP contribution in [0.15, 0.2) is 34.5 Å². The molecule has 0 aliphatic carbocycles. The smallest absolute Gasteiger partial charge is 0.276 e. The maximum absolute atomic E-state index is 12.2. The minimum absolute atomic E-state index is 0.222. The van der Waals surface area contributed by atoms with Crippen LogP contribution in [0.4, 0.5) is 10.9 Å². The summed E-state index contributed by atoms with van der Waals surface area (Å²) in [5.41, 5.74) is 1.37. The average Bonchev–Trinajstić information content (AvgIpc) is 3.22. The standard InChI is InChI=1S/C14H13N5O2S2/c1-9(20)16-14-17-11(8-23-14)13(21)18-12-2-4-15-19(12)6-10-3-5-22-7-10/h2-5,7-8H,6H2,1H3,(H,18,21)(H,16,17,20). The summed E-state index contributed by atoms with van der Waals surface area (Å²) in [5, 5.41) is 15.6. The van der Waals surface area contributed by atoms with Gasteiger partial charge in [0, 0.05) is 18.4 Å². The van der Waals surface area contributed by atoms with Crippen molar-refractivity contribution in [3.8, 4) is 0 Å². The van der Waals surface area contributed by atoms with E-state index in [1.165, 1.54) is 18.3 Å². The zero-order valence-corrected chi connectivity index (χ0v) is 13.8. The van der Waals surface area contributed by atoms with Gasteiger partial charge in [-0.2, -0.15) is 16.4 Å². The number of thiophene rings is 1. The number of anilines is 2. The maximum atomic E-state index is 12.2. The van der Waals surface area contributed by atoms with Gasteiger partial charge in [-0.3, -0.25) is 9.59 Å². The van der Waals surface area contributed by atoms with Crippen LogP contribution < -0.4 is 10.6 Å². The first-order chi connectivity index (χ1) is 11.1. The van der Waals surface area contributed by atoms with E-state index in [2.05, 4.69) is 20.7 Å². The summed E-state index contributed by atoms with van der Waals surface area (Å²) in [4.78, 5) is 27.3. The molecule has 3 aromatic rings. The van der Waals surface area contributed by atoms with Gasteiger partial charge in [0.05, 0.1) is 12.7 Å². The van der Waals surface area contributed by atoms with E-state index in [1.54, 1.807) is 33.7 Å². The summed E-state index contributed by atoms with van der Waals surface area (Å²) in [6.45, 7) is 1.98. The van der Waals surface area contributed by atoms with E-state index in [0.717, 1.165) is 5.56 Å². The molecule has 3 rings (SSSR count). The van der Waals surface area contributed by atoms with Gasteiger partial charge in [-0.05, 0) is 22.4 Å². The Morgan fingerprint density at radius 3 is 2.87 bits per heavy atom. The molecule has 0 aromatic carbocycles. The minimum atomic E-state index is -0.343. The molecule has 0 fully saturated rings. The zero-order valence-electron chi connectivity index (χ0n) is 12.1. The molecular formula is C14H13N5O2S2. The topological polar surface area (TPSA) is 88.9 Å². The third-order valence-electron chi connectivity index (χ3n) is 2.89. The molecule has 0 saturated carbocycles. The number of rotatable bonds is 5. The van der Waals surface area contributed by atoms with Crippen LogP contribution in [-0.2, 0) is 11.3 Å². The van der Waals surface area contributed by atoms with Gasteiger partial charge in [0.15, 0.2) is 5.13 Å². The second-order valence-corrected chi connectivity index (χ2v) is 6.32. The molecule has 3 heterocycles. The predicted molar refractivity (Wildman–Crippen MR) is 90.0 cm³/mol. The fraction of sp³-hybridized carbons (Fsp3) is 0.143. The first-order valence-corrected chi connectivity index (χ1v) is 8.51.